The van der Waals surface area contributed by atoms with Crippen molar-refractivity contribution in [1.82, 2.24) is 74.7 Å². The molecule has 46 heteroatoms. The van der Waals surface area contributed by atoms with Gasteiger partial charge in [0.15, 0.2) is 11.7 Å². The van der Waals surface area contributed by atoms with Crippen LogP contribution in [0.1, 0.15) is 86.8 Å². The van der Waals surface area contributed by atoms with Gasteiger partial charge in [0.2, 0.25) is 35.7 Å². The lowest BCUT2D eigenvalue weighted by molar-refractivity contribution is -0.415. The van der Waals surface area contributed by atoms with Crippen molar-refractivity contribution < 1.29 is 77.3 Å². The van der Waals surface area contributed by atoms with Gasteiger partial charge in [-0.25, -0.2) is 59.8 Å². The van der Waals surface area contributed by atoms with E-state index in [0.717, 1.165) is 158 Å². The van der Waals surface area contributed by atoms with Gasteiger partial charge in [-0.3, -0.25) is 25.0 Å². The van der Waals surface area contributed by atoms with Crippen LogP contribution >= 0.6 is 15.9 Å². The normalized spacial score (nSPS) is 13.8. The average Bonchev–Trinajstić information content (AvgIpc) is 0.800. The van der Waals surface area contributed by atoms with Gasteiger partial charge >= 0.3 is 24.7 Å². The quantitative estimate of drug-likeness (QED) is 0.0199. The second-order valence-electron chi connectivity index (χ2n) is 29.7. The molecule has 2 saturated heterocycles. The molecular weight excluding hydrogens is 1830 g/mol. The summed E-state index contributed by atoms with van der Waals surface area (Å²) in [5.74, 6) is 0.381. The van der Waals surface area contributed by atoms with Crippen molar-refractivity contribution in [1.29, 1.82) is 5.41 Å². The number of nitrogens with two attached hydrogens (primary N) is 3. The lowest BCUT2D eigenvalue weighted by Crippen LogP contribution is -2.37. The van der Waals surface area contributed by atoms with E-state index in [1.165, 1.54) is 0 Å². The number of halogens is 13. The number of carboxylic acid groups (broad SMARTS) is 2. The molecule has 4 aliphatic rings. The van der Waals surface area contributed by atoms with Crippen molar-refractivity contribution in [2.45, 2.75) is 97.6 Å². The van der Waals surface area contributed by atoms with Crippen LogP contribution in [-0.4, -0.2) is 152 Å². The van der Waals surface area contributed by atoms with Gasteiger partial charge in [0.05, 0.1) is 11.4 Å². The molecule has 0 bridgehead atoms. The van der Waals surface area contributed by atoms with E-state index in [9.17, 15) is 62.3 Å². The molecule has 4 aromatic carbocycles. The number of fused-ring (bicyclic) bond motifs is 2. The van der Waals surface area contributed by atoms with Crippen LogP contribution in [0.25, 0.3) is 0 Å². The average molecular weight is 1910 g/mol. The van der Waals surface area contributed by atoms with Gasteiger partial charge in [-0.1, -0.05) is 40.2 Å². The van der Waals surface area contributed by atoms with Gasteiger partial charge in [-0.05, 0) is 153 Å². The molecular formula is C87H87BrF12N28O5-2. The standard InChI is InChI=1S/C24H21F3N8.C20H22F3N5O.C19H18F3N7.C17H17F3N4O.C5H4BrN.CH5N3.CH2O3/c1-15-2-3-18(32-22-29-10-6-21(34-22)24(25,26)27)12-20(15)35-11-7-19-16(14-35)13-30-23(33-19)31-17-4-8-28-9-5-17;1-13-4-5-15(25-19-24-8-6-18(26-19)20(21,22)23)10-16(13)28-9-7-17(29)14(12-28)11-27(2)3;1-11-2-3-13(26-18-24-6-4-16(28-18)19(20,21)22)8-15(11)29-7-5-14-12(10-29)9-25-17(23)27-14;1-11-2-3-12(10-14(11)24-8-5-13(25)6-9-24)22-16-21-7-4-15(23-16)17(18,19)20;6-5-1-3-7-4-2-5;2*2-1(3)4/h2-6,8-10,12-13H,7,11,14H2,1H3,(H,29,32,34)(H,28,30,31,33);4-6,8,10-11H,7,9,12H2,1-3H3,(H,24,25,26);2-4,6,8-9H,5,7,10H2,1H3,(H2,23,25,27)(H,24,26,28);2-4,7,10H,5-6,8-9H2,1H3,(H,21,22,23);1-4H;(H5,2,3,4);(H2,2,3,4)/p-2/b;14-11-;;;;;. The Morgan fingerprint density at radius 2 is 0.729 bits per heavy atom. The number of benzene rings is 4. The molecule has 0 spiro atoms. The molecule has 33 nitrogen and oxygen atoms in total. The molecule has 0 atom stereocenters. The zero-order valence-corrected chi connectivity index (χ0v) is 73.4. The molecule has 698 valence electrons. The lowest BCUT2D eigenvalue weighted by Gasteiger charge is -2.32. The van der Waals surface area contributed by atoms with Crippen LogP contribution in [0.3, 0.4) is 0 Å². The number of carbonyl (C=O) groups excluding carboxylic acids is 3. The third kappa shape index (κ3) is 30.7. The Hall–Kier alpha value is -15.3. The van der Waals surface area contributed by atoms with Crippen molar-refractivity contribution in [3.63, 3.8) is 0 Å². The van der Waals surface area contributed by atoms with Crippen molar-refractivity contribution in [2.75, 3.05) is 105 Å². The van der Waals surface area contributed by atoms with E-state index in [2.05, 4.69) is 143 Å². The number of aryl methyl sites for hydroxylation is 4. The minimum Gasteiger partial charge on any atom is -0.652 e. The minimum atomic E-state index is -4.53. The third-order valence-electron chi connectivity index (χ3n) is 19.5. The monoisotopic (exact) mass is 1910 g/mol. The number of hydrogen-bond donors (Lipinski definition) is 9. The number of piperidine rings is 2. The summed E-state index contributed by atoms with van der Waals surface area (Å²) >= 11 is 3.27. The Kier molecular flexibility index (Phi) is 34.0. The number of rotatable bonds is 15. The van der Waals surface area contributed by atoms with Crippen molar-refractivity contribution in [3.8, 4) is 0 Å². The first-order valence-corrected chi connectivity index (χ1v) is 40.9. The lowest BCUT2D eigenvalue weighted by atomic mass is 10.0. The first-order chi connectivity index (χ1) is 63.0. The van der Waals surface area contributed by atoms with Crippen molar-refractivity contribution >= 4 is 126 Å². The van der Waals surface area contributed by atoms with Gasteiger partial charge in [-0.2, -0.15) is 52.7 Å². The maximum Gasteiger partial charge on any atom is 0.433 e. The summed E-state index contributed by atoms with van der Waals surface area (Å²) in [6.45, 7) is 12.9. The van der Waals surface area contributed by atoms with Crippen LogP contribution in [0.15, 0.2) is 200 Å². The Bertz CT molecular complexity index is 6020. The number of ketones is 2. The van der Waals surface area contributed by atoms with E-state index in [1.807, 2.05) is 132 Å². The van der Waals surface area contributed by atoms with Gasteiger partial charge in [0, 0.05) is 239 Å². The summed E-state index contributed by atoms with van der Waals surface area (Å²) in [5.41, 5.74) is 26.4. The fourth-order valence-electron chi connectivity index (χ4n) is 13.3. The number of nitrogens with zero attached hydrogens (tertiary/aromatic N) is 19. The molecule has 12 N–H and O–H groups in total. The molecule has 0 radical (unpaired) electrons. The molecule has 0 aliphatic carbocycles. The fraction of sp³-hybridized carbons (Fsp3) is 0.264. The van der Waals surface area contributed by atoms with Gasteiger partial charge in [0.25, 0.3) is 0 Å². The Morgan fingerprint density at radius 1 is 0.421 bits per heavy atom. The first-order valence-electron chi connectivity index (χ1n) is 40.1. The highest BCUT2D eigenvalue weighted by molar-refractivity contribution is 9.10. The van der Waals surface area contributed by atoms with E-state index in [1.54, 1.807) is 55.2 Å². The molecule has 16 rings (SSSR count). The number of pyridine rings is 2. The number of carbonyl (C=O) groups is 3. The van der Waals surface area contributed by atoms with Crippen LogP contribution in [0.5, 0.6) is 0 Å². The maximum atomic E-state index is 13.0. The summed E-state index contributed by atoms with van der Waals surface area (Å²) in [4.78, 5) is 97.3. The van der Waals surface area contributed by atoms with Crippen molar-refractivity contribution in [3.05, 3.63) is 267 Å². The number of nitrogen functional groups attached to an aromatic ring is 1. The SMILES string of the molecule is Brc1ccncc1.Cc1ccc(Nc2nccc(C(F)(F)F)n2)cc1N1CCC(=O)/C(=C\N(C)C)C1.Cc1ccc(Nc2nccc(C(F)(F)F)n2)cc1N1CCC(=O)CC1.Cc1ccc(Nc2nccc(C(F)(F)F)n2)cc1N1CCc2nc(N)ncc2C1.Cc1ccc(Nc2nccc(C(F)(F)F)n2)cc1N1CCc2nc(Nc3ccncc3)ncc2C1.N=C(N)N.O=C([O-])[O-]. The zero-order valence-electron chi connectivity index (χ0n) is 71.8. The molecule has 4 aliphatic heterocycles. The smallest absolute Gasteiger partial charge is 0.433 e. The van der Waals surface area contributed by atoms with E-state index >= 15 is 0 Å². The van der Waals surface area contributed by atoms with Crippen LogP contribution in [-0.2, 0) is 60.2 Å². The minimum absolute atomic E-state index is 0.109. The number of aromatic nitrogens is 14. The summed E-state index contributed by atoms with van der Waals surface area (Å²) < 4.78 is 155. The van der Waals surface area contributed by atoms with Gasteiger partial charge in [-0.15, -0.1) is 0 Å². The molecule has 133 heavy (non-hydrogen) atoms. The molecule has 12 heterocycles. The van der Waals surface area contributed by atoms with Crippen LogP contribution < -0.4 is 73.6 Å². The summed E-state index contributed by atoms with van der Waals surface area (Å²) in [7, 11) is 3.73. The highest BCUT2D eigenvalue weighted by Crippen LogP contribution is 2.38. The van der Waals surface area contributed by atoms with E-state index in [0.29, 0.717) is 87.2 Å². The van der Waals surface area contributed by atoms with Crippen LogP contribution in [0.2, 0.25) is 0 Å². The number of guanidine groups is 1. The number of alkyl halides is 12. The maximum absolute atomic E-state index is 13.0. The summed E-state index contributed by atoms with van der Waals surface area (Å²) in [6.07, 6.45) is -0.975. The Labute approximate surface area is 761 Å². The van der Waals surface area contributed by atoms with Crippen molar-refractivity contribution in [2.24, 2.45) is 11.5 Å². The highest BCUT2D eigenvalue weighted by atomic mass is 79.9. The molecule has 0 unspecified atom stereocenters. The second kappa shape index (κ2) is 45.3. The molecule has 0 amide bonds. The van der Waals surface area contributed by atoms with Crippen LogP contribution in [0, 0.1) is 33.1 Å². The predicted molar refractivity (Wildman–Crippen MR) is 475 cm³/mol. The second-order valence-corrected chi connectivity index (χ2v) is 30.7. The topological polar surface area (TPSA) is 456 Å². The molecule has 12 aromatic rings. The van der Waals surface area contributed by atoms with Gasteiger partial charge in [0.1, 0.15) is 28.6 Å². The third-order valence-corrected chi connectivity index (χ3v) is 20.1. The molecule has 8 aromatic heterocycles. The van der Waals surface area contributed by atoms with E-state index < -0.39 is 53.6 Å². The molecule has 2 fully saturated rings. The van der Waals surface area contributed by atoms with Crippen LogP contribution in [0.4, 0.5) is 144 Å². The number of nitrogens with one attached hydrogen (secondary N) is 6. The summed E-state index contributed by atoms with van der Waals surface area (Å²) in [6, 6.07) is 32.9. The largest absolute Gasteiger partial charge is 0.652 e. The predicted octanol–water partition coefficient (Wildman–Crippen LogP) is 14.2. The number of Topliss-reactive ketones (excluding diaryl/α,β-unsaturated/α-hetero) is 2. The Morgan fingerprint density at radius 3 is 1.08 bits per heavy atom. The van der Waals surface area contributed by atoms with Gasteiger partial charge < -0.3 is 83.3 Å². The fourth-order valence-corrected chi connectivity index (χ4v) is 13.6. The van der Waals surface area contributed by atoms with E-state index in [-0.39, 0.29) is 47.3 Å². The Balaban J connectivity index is 0.000000175. The highest BCUT2D eigenvalue weighted by Gasteiger charge is 2.37. The molecule has 0 saturated carbocycles. The number of hydrogen-bond acceptors (Lipinski definition) is 31. The van der Waals surface area contributed by atoms with E-state index in [4.69, 9.17) is 26.2 Å². The summed E-state index contributed by atoms with van der Waals surface area (Å²) in [5, 5.41) is 37.3. The number of anilines is 15. The first kappa shape index (κ1) is 99.9. The zero-order chi connectivity index (χ0) is 96.5.